The molecule has 2 N–H and O–H groups in total. The maximum absolute atomic E-state index is 11.9. The van der Waals surface area contributed by atoms with Gasteiger partial charge in [-0.3, -0.25) is 5.32 Å². The van der Waals surface area contributed by atoms with Crippen LogP contribution in [0.2, 0.25) is 0 Å². The lowest BCUT2D eigenvalue weighted by atomic mass is 10.2. The quantitative estimate of drug-likeness (QED) is 0.720. The average molecular weight is 308 g/mol. The van der Waals surface area contributed by atoms with Gasteiger partial charge < -0.3 is 14.8 Å². The number of unbranched alkanes of at least 4 members (excludes halogenated alkanes) is 2. The standard InChI is InChI=1S/C17H28N2O3/c1-6-7-8-11-18-13-9-10-15(21-5)14(12-13)19-16(20)22-17(2,3)4/h9-10,12,18H,6-8,11H2,1-5H3,(H,19,20). The third-order valence-corrected chi connectivity index (χ3v) is 2.94. The zero-order chi connectivity index (χ0) is 16.6. The molecule has 5 heteroatoms. The summed E-state index contributed by atoms with van der Waals surface area (Å²) in [6.45, 7) is 8.57. The Labute approximate surface area is 133 Å². The van der Waals surface area contributed by atoms with E-state index >= 15 is 0 Å². The number of anilines is 2. The summed E-state index contributed by atoms with van der Waals surface area (Å²) < 4.78 is 10.5. The summed E-state index contributed by atoms with van der Waals surface area (Å²) in [5.41, 5.74) is 1.01. The fraction of sp³-hybridized carbons (Fsp3) is 0.588. The highest BCUT2D eigenvalue weighted by Gasteiger charge is 2.17. The lowest BCUT2D eigenvalue weighted by Crippen LogP contribution is -2.27. The third-order valence-electron chi connectivity index (χ3n) is 2.94. The summed E-state index contributed by atoms with van der Waals surface area (Å²) in [4.78, 5) is 11.9. The van der Waals surface area contributed by atoms with Crippen LogP contribution in [0, 0.1) is 0 Å². The summed E-state index contributed by atoms with van der Waals surface area (Å²) in [5.74, 6) is 0.602. The number of rotatable bonds is 7. The van der Waals surface area contributed by atoms with E-state index in [4.69, 9.17) is 9.47 Å². The second kappa shape index (κ2) is 8.51. The van der Waals surface area contributed by atoms with Gasteiger partial charge in [0.2, 0.25) is 0 Å². The molecule has 0 aliphatic heterocycles. The lowest BCUT2D eigenvalue weighted by Gasteiger charge is -2.20. The van der Waals surface area contributed by atoms with Crippen LogP contribution in [0.15, 0.2) is 18.2 Å². The molecule has 1 rings (SSSR count). The van der Waals surface area contributed by atoms with Crippen molar-refractivity contribution in [1.82, 2.24) is 0 Å². The minimum absolute atomic E-state index is 0.492. The molecule has 0 saturated carbocycles. The van der Waals surface area contributed by atoms with Gasteiger partial charge in [0.1, 0.15) is 11.4 Å². The predicted octanol–water partition coefficient (Wildman–Crippen LogP) is 4.64. The first-order chi connectivity index (χ1) is 10.4. The van der Waals surface area contributed by atoms with E-state index in [-0.39, 0.29) is 0 Å². The number of carbonyl (C=O) groups excluding carboxylic acids is 1. The van der Waals surface area contributed by atoms with Crippen LogP contribution in [-0.2, 0) is 4.74 Å². The van der Waals surface area contributed by atoms with Crippen molar-refractivity contribution in [3.63, 3.8) is 0 Å². The van der Waals surface area contributed by atoms with Gasteiger partial charge in [0.25, 0.3) is 0 Å². The Morgan fingerprint density at radius 1 is 1.23 bits per heavy atom. The Kier molecular flexibility index (Phi) is 7.02. The van der Waals surface area contributed by atoms with Gasteiger partial charge in [-0.1, -0.05) is 19.8 Å². The number of benzene rings is 1. The largest absolute Gasteiger partial charge is 0.495 e. The number of hydrogen-bond acceptors (Lipinski definition) is 4. The molecule has 1 aromatic carbocycles. The number of nitrogens with one attached hydrogen (secondary N) is 2. The van der Waals surface area contributed by atoms with Crippen LogP contribution in [0.25, 0.3) is 0 Å². The van der Waals surface area contributed by atoms with E-state index < -0.39 is 11.7 Å². The molecule has 124 valence electrons. The molecule has 22 heavy (non-hydrogen) atoms. The summed E-state index contributed by atoms with van der Waals surface area (Å²) in [6.07, 6.45) is 3.02. The SMILES string of the molecule is CCCCCNc1ccc(OC)c(NC(=O)OC(C)(C)C)c1. The van der Waals surface area contributed by atoms with Crippen molar-refractivity contribution in [1.29, 1.82) is 0 Å². The summed E-state index contributed by atoms with van der Waals surface area (Å²) in [7, 11) is 1.57. The van der Waals surface area contributed by atoms with Crippen LogP contribution in [0.4, 0.5) is 16.2 Å². The van der Waals surface area contributed by atoms with Gasteiger partial charge in [0, 0.05) is 12.2 Å². The van der Waals surface area contributed by atoms with Gasteiger partial charge in [-0.25, -0.2) is 4.79 Å². The first-order valence-electron chi connectivity index (χ1n) is 7.77. The summed E-state index contributed by atoms with van der Waals surface area (Å²) in [6, 6.07) is 5.62. The van der Waals surface area contributed by atoms with Crippen molar-refractivity contribution >= 4 is 17.5 Å². The second-order valence-electron chi connectivity index (χ2n) is 6.18. The first kappa shape index (κ1) is 18.1. The Morgan fingerprint density at radius 3 is 2.55 bits per heavy atom. The van der Waals surface area contributed by atoms with Crippen LogP contribution >= 0.6 is 0 Å². The van der Waals surface area contributed by atoms with E-state index in [1.807, 2.05) is 39.0 Å². The topological polar surface area (TPSA) is 59.6 Å². The predicted molar refractivity (Wildman–Crippen MR) is 90.9 cm³/mol. The van der Waals surface area contributed by atoms with Crippen LogP contribution in [0.5, 0.6) is 5.75 Å². The molecule has 0 heterocycles. The molecule has 0 radical (unpaired) electrons. The summed E-state index contributed by atoms with van der Waals surface area (Å²) >= 11 is 0. The van der Waals surface area contributed by atoms with Crippen LogP contribution < -0.4 is 15.4 Å². The van der Waals surface area contributed by atoms with Crippen molar-refractivity contribution in [3.8, 4) is 5.75 Å². The van der Waals surface area contributed by atoms with Crippen LogP contribution in [0.1, 0.15) is 47.0 Å². The van der Waals surface area contributed by atoms with E-state index in [1.165, 1.54) is 12.8 Å². The van der Waals surface area contributed by atoms with Crippen molar-refractivity contribution in [2.24, 2.45) is 0 Å². The molecule has 1 amide bonds. The number of ether oxygens (including phenoxy) is 2. The van der Waals surface area contributed by atoms with Gasteiger partial charge in [0.05, 0.1) is 12.8 Å². The van der Waals surface area contributed by atoms with Crippen LogP contribution in [-0.4, -0.2) is 25.3 Å². The first-order valence-corrected chi connectivity index (χ1v) is 7.77. The molecule has 0 unspecified atom stereocenters. The molecule has 0 atom stereocenters. The third kappa shape index (κ3) is 6.70. The lowest BCUT2D eigenvalue weighted by molar-refractivity contribution is 0.0635. The van der Waals surface area contributed by atoms with Gasteiger partial charge in [-0.15, -0.1) is 0 Å². The monoisotopic (exact) mass is 308 g/mol. The van der Waals surface area contributed by atoms with E-state index in [0.717, 1.165) is 18.7 Å². The number of amides is 1. The Balaban J connectivity index is 2.72. The second-order valence-corrected chi connectivity index (χ2v) is 6.18. The molecule has 0 aliphatic rings. The maximum Gasteiger partial charge on any atom is 0.412 e. The fourth-order valence-corrected chi connectivity index (χ4v) is 1.94. The molecular formula is C17H28N2O3. The van der Waals surface area contributed by atoms with E-state index in [9.17, 15) is 4.79 Å². The van der Waals surface area contributed by atoms with Crippen LogP contribution in [0.3, 0.4) is 0 Å². The highest BCUT2D eigenvalue weighted by atomic mass is 16.6. The maximum atomic E-state index is 11.9. The average Bonchev–Trinajstić information content (AvgIpc) is 2.42. The molecule has 0 saturated heterocycles. The smallest absolute Gasteiger partial charge is 0.412 e. The van der Waals surface area contributed by atoms with Crippen molar-refractivity contribution < 1.29 is 14.3 Å². The van der Waals surface area contributed by atoms with Gasteiger partial charge in [-0.05, 0) is 45.4 Å². The molecular weight excluding hydrogens is 280 g/mol. The highest BCUT2D eigenvalue weighted by Crippen LogP contribution is 2.28. The molecule has 0 aromatic heterocycles. The van der Waals surface area contributed by atoms with Gasteiger partial charge in [-0.2, -0.15) is 0 Å². The molecule has 0 aliphatic carbocycles. The molecule has 0 bridgehead atoms. The molecule has 5 nitrogen and oxygen atoms in total. The number of carbonyl (C=O) groups is 1. The van der Waals surface area contributed by atoms with E-state index in [0.29, 0.717) is 11.4 Å². The normalized spacial score (nSPS) is 11.0. The number of methoxy groups -OCH3 is 1. The fourth-order valence-electron chi connectivity index (χ4n) is 1.94. The van der Waals surface area contributed by atoms with Crippen molar-refractivity contribution in [2.45, 2.75) is 52.6 Å². The molecule has 0 fully saturated rings. The Morgan fingerprint density at radius 2 is 1.95 bits per heavy atom. The van der Waals surface area contributed by atoms with E-state index in [2.05, 4.69) is 17.6 Å². The molecule has 1 aromatic rings. The van der Waals surface area contributed by atoms with Gasteiger partial charge >= 0.3 is 6.09 Å². The zero-order valence-electron chi connectivity index (χ0n) is 14.3. The van der Waals surface area contributed by atoms with Gasteiger partial charge in [0.15, 0.2) is 0 Å². The van der Waals surface area contributed by atoms with Crippen molar-refractivity contribution in [2.75, 3.05) is 24.3 Å². The van der Waals surface area contributed by atoms with Crippen molar-refractivity contribution in [3.05, 3.63) is 18.2 Å². The minimum atomic E-state index is -0.534. The Hall–Kier alpha value is -1.91. The zero-order valence-corrected chi connectivity index (χ0v) is 14.3. The van der Waals surface area contributed by atoms with E-state index in [1.54, 1.807) is 7.11 Å². The minimum Gasteiger partial charge on any atom is -0.495 e. The molecule has 0 spiro atoms. The summed E-state index contributed by atoms with van der Waals surface area (Å²) in [5, 5.41) is 6.08. The number of hydrogen-bond donors (Lipinski definition) is 2. The highest BCUT2D eigenvalue weighted by molar-refractivity contribution is 5.88. The Bertz CT molecular complexity index is 481.